The molecule has 3 nitrogen and oxygen atoms in total. The van der Waals surface area contributed by atoms with Gasteiger partial charge in [0.05, 0.1) is 23.4 Å². The van der Waals surface area contributed by atoms with E-state index in [2.05, 4.69) is 41.2 Å². The molecule has 0 radical (unpaired) electrons. The number of rotatable bonds is 3. The molecule has 102 valence electrons. The Bertz CT molecular complexity index is 570. The van der Waals surface area contributed by atoms with E-state index in [0.29, 0.717) is 5.92 Å². The van der Waals surface area contributed by atoms with E-state index in [1.807, 2.05) is 0 Å². The Morgan fingerprint density at radius 1 is 1.47 bits per heavy atom. The van der Waals surface area contributed by atoms with Crippen molar-refractivity contribution < 1.29 is 5.11 Å². The number of nitrogens with zero attached hydrogens (tertiary/aromatic N) is 2. The van der Waals surface area contributed by atoms with Crippen LogP contribution in [-0.2, 0) is 13.0 Å². The van der Waals surface area contributed by atoms with Crippen LogP contribution in [0.1, 0.15) is 60.5 Å². The molecule has 0 fully saturated rings. The van der Waals surface area contributed by atoms with E-state index in [4.69, 9.17) is 0 Å². The van der Waals surface area contributed by atoms with Crippen molar-refractivity contribution in [1.82, 2.24) is 9.55 Å². The normalized spacial score (nSPS) is 18.8. The molecular weight excluding hydrogens is 256 g/mol. The van der Waals surface area contributed by atoms with Crippen molar-refractivity contribution in [3.8, 4) is 0 Å². The van der Waals surface area contributed by atoms with Gasteiger partial charge in [-0.25, -0.2) is 4.98 Å². The molecule has 2 heterocycles. The van der Waals surface area contributed by atoms with Crippen LogP contribution >= 0.6 is 11.3 Å². The van der Waals surface area contributed by atoms with Crippen molar-refractivity contribution in [2.45, 2.75) is 51.7 Å². The summed E-state index contributed by atoms with van der Waals surface area (Å²) in [7, 11) is 0. The van der Waals surface area contributed by atoms with E-state index in [0.717, 1.165) is 37.1 Å². The van der Waals surface area contributed by atoms with Gasteiger partial charge < -0.3 is 9.67 Å². The summed E-state index contributed by atoms with van der Waals surface area (Å²) in [5.74, 6) is 0.499. The Hall–Kier alpha value is -1.13. The predicted octanol–water partition coefficient (Wildman–Crippen LogP) is 3.49. The molecule has 1 atom stereocenters. The lowest BCUT2D eigenvalue weighted by Crippen LogP contribution is -2.05. The van der Waals surface area contributed by atoms with E-state index in [9.17, 15) is 5.11 Å². The number of fused-ring (bicyclic) bond motifs is 1. The highest BCUT2D eigenvalue weighted by Crippen LogP contribution is 2.30. The Morgan fingerprint density at radius 3 is 3.00 bits per heavy atom. The van der Waals surface area contributed by atoms with Gasteiger partial charge in [-0.1, -0.05) is 13.8 Å². The van der Waals surface area contributed by atoms with Crippen molar-refractivity contribution in [1.29, 1.82) is 0 Å². The smallest absolute Gasteiger partial charge is 0.0954 e. The second-order valence-corrected chi connectivity index (χ2v) is 6.54. The highest BCUT2D eigenvalue weighted by molar-refractivity contribution is 7.09. The van der Waals surface area contributed by atoms with Crippen molar-refractivity contribution in [2.75, 3.05) is 0 Å². The van der Waals surface area contributed by atoms with Gasteiger partial charge in [0.25, 0.3) is 0 Å². The highest BCUT2D eigenvalue weighted by atomic mass is 32.1. The Kier molecular flexibility index (Phi) is 3.46. The topological polar surface area (TPSA) is 38.0 Å². The summed E-state index contributed by atoms with van der Waals surface area (Å²) in [5.41, 5.74) is 3.54. The van der Waals surface area contributed by atoms with Crippen LogP contribution < -0.4 is 0 Å². The van der Waals surface area contributed by atoms with Gasteiger partial charge in [-0.3, -0.25) is 0 Å². The maximum Gasteiger partial charge on any atom is 0.0954 e. The Morgan fingerprint density at radius 2 is 2.32 bits per heavy atom. The van der Waals surface area contributed by atoms with Crippen molar-refractivity contribution >= 4 is 11.3 Å². The molecule has 0 spiro atoms. The summed E-state index contributed by atoms with van der Waals surface area (Å²) < 4.78 is 2.17. The quantitative estimate of drug-likeness (QED) is 0.932. The van der Waals surface area contributed by atoms with Gasteiger partial charge in [-0.2, -0.15) is 0 Å². The highest BCUT2D eigenvalue weighted by Gasteiger charge is 2.20. The van der Waals surface area contributed by atoms with E-state index in [1.165, 1.54) is 10.6 Å². The van der Waals surface area contributed by atoms with Crippen LogP contribution in [0.5, 0.6) is 0 Å². The standard InChI is InChI=1S/C15H20N2OS/c1-10(2)15-16-12(9-19-15)7-17-6-11-4-3-5-14(18)13(11)8-17/h6,8-10,14,18H,3-5,7H2,1-2H3. The monoisotopic (exact) mass is 276 g/mol. The first-order chi connectivity index (χ1) is 9.13. The SMILES string of the molecule is CC(C)c1nc(Cn2cc3c(c2)C(O)CCC3)cs1. The van der Waals surface area contributed by atoms with E-state index >= 15 is 0 Å². The molecule has 0 aliphatic heterocycles. The zero-order chi connectivity index (χ0) is 13.4. The van der Waals surface area contributed by atoms with Gasteiger partial charge in [0.1, 0.15) is 0 Å². The fourth-order valence-corrected chi connectivity index (χ4v) is 3.49. The van der Waals surface area contributed by atoms with Gasteiger partial charge in [-0.15, -0.1) is 11.3 Å². The first-order valence-electron chi connectivity index (χ1n) is 6.94. The third-order valence-corrected chi connectivity index (χ3v) is 4.88. The zero-order valence-electron chi connectivity index (χ0n) is 11.5. The minimum atomic E-state index is -0.272. The molecule has 0 saturated carbocycles. The van der Waals surface area contributed by atoms with Crippen LogP contribution in [0.2, 0.25) is 0 Å². The lowest BCUT2D eigenvalue weighted by atomic mass is 9.93. The van der Waals surface area contributed by atoms with Crippen molar-refractivity contribution in [3.63, 3.8) is 0 Å². The lowest BCUT2D eigenvalue weighted by Gasteiger charge is -2.16. The van der Waals surface area contributed by atoms with Gasteiger partial charge in [0, 0.05) is 29.3 Å². The Labute approximate surface area is 117 Å². The summed E-state index contributed by atoms with van der Waals surface area (Å²) in [6.45, 7) is 5.16. The van der Waals surface area contributed by atoms with Crippen LogP contribution in [0.25, 0.3) is 0 Å². The van der Waals surface area contributed by atoms with Crippen LogP contribution in [0, 0.1) is 0 Å². The summed E-state index contributed by atoms with van der Waals surface area (Å²) in [6.07, 6.45) is 7.07. The largest absolute Gasteiger partial charge is 0.388 e. The van der Waals surface area contributed by atoms with Gasteiger partial charge in [-0.05, 0) is 24.8 Å². The summed E-state index contributed by atoms with van der Waals surface area (Å²) in [6, 6.07) is 0. The number of thiazole rings is 1. The Balaban J connectivity index is 1.79. The van der Waals surface area contributed by atoms with Crippen LogP contribution in [0.3, 0.4) is 0 Å². The van der Waals surface area contributed by atoms with Crippen LogP contribution in [0.4, 0.5) is 0 Å². The molecule has 2 aromatic heterocycles. The van der Waals surface area contributed by atoms with Crippen molar-refractivity contribution in [2.24, 2.45) is 0 Å². The summed E-state index contributed by atoms with van der Waals surface area (Å²) >= 11 is 1.74. The lowest BCUT2D eigenvalue weighted by molar-refractivity contribution is 0.157. The molecule has 3 rings (SSSR count). The molecular formula is C15H20N2OS. The van der Waals surface area contributed by atoms with Crippen LogP contribution in [0.15, 0.2) is 17.8 Å². The molecule has 1 aliphatic rings. The van der Waals surface area contributed by atoms with E-state index < -0.39 is 0 Å². The number of aryl methyl sites for hydroxylation is 1. The molecule has 19 heavy (non-hydrogen) atoms. The molecule has 1 N–H and O–H groups in total. The average molecular weight is 276 g/mol. The molecule has 0 amide bonds. The number of aliphatic hydroxyl groups excluding tert-OH is 1. The maximum atomic E-state index is 9.99. The number of hydrogen-bond acceptors (Lipinski definition) is 3. The van der Waals surface area contributed by atoms with Gasteiger partial charge in [0.2, 0.25) is 0 Å². The number of hydrogen-bond donors (Lipinski definition) is 1. The van der Waals surface area contributed by atoms with Gasteiger partial charge >= 0.3 is 0 Å². The van der Waals surface area contributed by atoms with Crippen molar-refractivity contribution in [3.05, 3.63) is 39.6 Å². The molecule has 0 aromatic carbocycles. The van der Waals surface area contributed by atoms with Crippen LogP contribution in [-0.4, -0.2) is 14.7 Å². The fourth-order valence-electron chi connectivity index (χ4n) is 2.66. The number of aliphatic hydroxyl groups is 1. The summed E-state index contributed by atoms with van der Waals surface area (Å²) in [4.78, 5) is 4.67. The molecule has 2 aromatic rings. The molecule has 0 saturated heterocycles. The fraction of sp³-hybridized carbons (Fsp3) is 0.533. The molecule has 4 heteroatoms. The number of aromatic nitrogens is 2. The maximum absolute atomic E-state index is 9.99. The minimum absolute atomic E-state index is 0.272. The third kappa shape index (κ3) is 2.60. The minimum Gasteiger partial charge on any atom is -0.388 e. The summed E-state index contributed by atoms with van der Waals surface area (Å²) in [5, 5.41) is 13.3. The average Bonchev–Trinajstić information content (AvgIpc) is 2.96. The van der Waals surface area contributed by atoms with E-state index in [-0.39, 0.29) is 6.10 Å². The second kappa shape index (κ2) is 5.10. The molecule has 1 aliphatic carbocycles. The molecule has 1 unspecified atom stereocenters. The second-order valence-electron chi connectivity index (χ2n) is 5.65. The first-order valence-corrected chi connectivity index (χ1v) is 7.82. The predicted molar refractivity (Wildman–Crippen MR) is 77.6 cm³/mol. The van der Waals surface area contributed by atoms with Gasteiger partial charge in [0.15, 0.2) is 0 Å². The third-order valence-electron chi connectivity index (χ3n) is 3.69. The zero-order valence-corrected chi connectivity index (χ0v) is 12.3. The first kappa shape index (κ1) is 12.9. The molecule has 0 bridgehead atoms. The van der Waals surface area contributed by atoms with E-state index in [1.54, 1.807) is 11.3 Å².